The maximum atomic E-state index is 3.58. The normalized spacial score (nSPS) is 30.7. The quantitative estimate of drug-likeness (QED) is 0.773. The van der Waals surface area contributed by atoms with Crippen LogP contribution in [0.5, 0.6) is 0 Å². The van der Waals surface area contributed by atoms with Gasteiger partial charge in [-0.05, 0) is 73.1 Å². The van der Waals surface area contributed by atoms with Crippen LogP contribution in [0.25, 0.3) is 0 Å². The second-order valence-electron chi connectivity index (χ2n) is 7.17. The van der Waals surface area contributed by atoms with Crippen LogP contribution in [0.2, 0.25) is 0 Å². The highest BCUT2D eigenvalue weighted by atomic mass is 15.3. The van der Waals surface area contributed by atoms with Crippen LogP contribution in [-0.4, -0.2) is 60.6 Å². The lowest BCUT2D eigenvalue weighted by Crippen LogP contribution is -2.40. The van der Waals surface area contributed by atoms with E-state index in [-0.39, 0.29) is 5.54 Å². The fraction of sp³-hybridized carbons (Fsp3) is 1.00. The van der Waals surface area contributed by atoms with Gasteiger partial charge in [0.05, 0.1) is 0 Å². The summed E-state index contributed by atoms with van der Waals surface area (Å²) in [5.41, 5.74) is 0.262. The first-order chi connectivity index (χ1) is 8.46. The van der Waals surface area contributed by atoms with Crippen LogP contribution in [0.1, 0.15) is 46.5 Å². The number of fused-ring (bicyclic) bond motifs is 2. The van der Waals surface area contributed by atoms with Crippen molar-refractivity contribution in [3.8, 4) is 0 Å². The zero-order chi connectivity index (χ0) is 13.2. The lowest BCUT2D eigenvalue weighted by Gasteiger charge is -2.26. The van der Waals surface area contributed by atoms with Crippen molar-refractivity contribution in [3.63, 3.8) is 0 Å². The van der Waals surface area contributed by atoms with E-state index in [2.05, 4.69) is 42.9 Å². The molecule has 2 saturated heterocycles. The van der Waals surface area contributed by atoms with Gasteiger partial charge in [0.1, 0.15) is 0 Å². The van der Waals surface area contributed by atoms with Gasteiger partial charge in [0, 0.05) is 24.2 Å². The van der Waals surface area contributed by atoms with E-state index in [1.807, 2.05) is 0 Å². The average molecular weight is 253 g/mol. The predicted octanol–water partition coefficient (Wildman–Crippen LogP) is 1.93. The van der Waals surface area contributed by atoms with Gasteiger partial charge >= 0.3 is 0 Å². The van der Waals surface area contributed by atoms with E-state index in [0.29, 0.717) is 0 Å². The second kappa shape index (κ2) is 5.89. The van der Waals surface area contributed by atoms with E-state index in [9.17, 15) is 0 Å². The number of nitrogens with one attached hydrogen (secondary N) is 1. The van der Waals surface area contributed by atoms with E-state index < -0.39 is 0 Å². The summed E-state index contributed by atoms with van der Waals surface area (Å²) in [6.07, 6.45) is 5.50. The molecule has 0 saturated carbocycles. The number of rotatable bonds is 4. The van der Waals surface area contributed by atoms with Crippen LogP contribution >= 0.6 is 0 Å². The summed E-state index contributed by atoms with van der Waals surface area (Å²) in [5, 5.41) is 3.58. The summed E-state index contributed by atoms with van der Waals surface area (Å²) in [5.74, 6) is 0. The Morgan fingerprint density at radius 2 is 1.83 bits per heavy atom. The zero-order valence-electron chi connectivity index (χ0n) is 12.7. The average Bonchev–Trinajstić information content (AvgIpc) is 2.49. The van der Waals surface area contributed by atoms with Crippen LogP contribution in [0.4, 0.5) is 0 Å². The van der Waals surface area contributed by atoms with Crippen LogP contribution in [0.3, 0.4) is 0 Å². The molecule has 0 aromatic rings. The first-order valence-electron chi connectivity index (χ1n) is 7.65. The maximum absolute atomic E-state index is 3.58. The molecular weight excluding hydrogens is 222 g/mol. The highest BCUT2D eigenvalue weighted by Gasteiger charge is 2.34. The van der Waals surface area contributed by atoms with Crippen molar-refractivity contribution in [1.29, 1.82) is 0 Å². The Morgan fingerprint density at radius 1 is 1.11 bits per heavy atom. The summed E-state index contributed by atoms with van der Waals surface area (Å²) in [7, 11) is 2.33. The van der Waals surface area contributed by atoms with E-state index in [1.54, 1.807) is 0 Å². The van der Waals surface area contributed by atoms with Crippen molar-refractivity contribution >= 4 is 0 Å². The largest absolute Gasteiger partial charge is 0.312 e. The van der Waals surface area contributed by atoms with Crippen LogP contribution < -0.4 is 5.32 Å². The highest BCUT2D eigenvalue weighted by Crippen LogP contribution is 2.28. The van der Waals surface area contributed by atoms with Crippen LogP contribution in [-0.2, 0) is 0 Å². The van der Waals surface area contributed by atoms with Crippen molar-refractivity contribution in [2.45, 2.75) is 64.1 Å². The summed E-state index contributed by atoms with van der Waals surface area (Å²) in [4.78, 5) is 5.32. The molecule has 18 heavy (non-hydrogen) atoms. The topological polar surface area (TPSA) is 18.5 Å². The van der Waals surface area contributed by atoms with Gasteiger partial charge < -0.3 is 10.2 Å². The summed E-state index contributed by atoms with van der Waals surface area (Å²) < 4.78 is 0. The first-order valence-corrected chi connectivity index (χ1v) is 7.65. The predicted molar refractivity (Wildman–Crippen MR) is 78.0 cm³/mol. The number of likely N-dealkylation sites (tertiary alicyclic amines) is 1. The molecule has 0 aliphatic carbocycles. The third-order valence-electron chi connectivity index (χ3n) is 4.54. The number of hydrogen-bond acceptors (Lipinski definition) is 3. The van der Waals surface area contributed by atoms with Gasteiger partial charge in [-0.3, -0.25) is 4.90 Å². The van der Waals surface area contributed by atoms with E-state index in [4.69, 9.17) is 0 Å². The number of likely N-dealkylation sites (N-methyl/N-ethyl adjacent to an activating group) is 1. The summed E-state index contributed by atoms with van der Waals surface area (Å²) >= 11 is 0. The van der Waals surface area contributed by atoms with Crippen molar-refractivity contribution in [2.75, 3.05) is 33.2 Å². The Hall–Kier alpha value is -0.120. The first kappa shape index (κ1) is 14.3. The molecule has 2 rings (SSSR count). The molecule has 2 atom stereocenters. The third-order valence-corrected chi connectivity index (χ3v) is 4.54. The molecule has 1 N–H and O–H groups in total. The molecule has 0 amide bonds. The Morgan fingerprint density at radius 3 is 2.56 bits per heavy atom. The van der Waals surface area contributed by atoms with Gasteiger partial charge in [-0.2, -0.15) is 0 Å². The molecule has 106 valence electrons. The van der Waals surface area contributed by atoms with Gasteiger partial charge in [0.25, 0.3) is 0 Å². The van der Waals surface area contributed by atoms with E-state index >= 15 is 0 Å². The van der Waals surface area contributed by atoms with E-state index in [0.717, 1.165) is 18.6 Å². The lowest BCUT2D eigenvalue weighted by atomic mass is 10.1. The lowest BCUT2D eigenvalue weighted by molar-refractivity contribution is 0.216. The summed E-state index contributed by atoms with van der Waals surface area (Å²) in [6.45, 7) is 11.7. The smallest absolute Gasteiger partial charge is 0.0223 e. The molecule has 0 spiro atoms. The minimum atomic E-state index is 0.262. The zero-order valence-corrected chi connectivity index (χ0v) is 12.7. The molecule has 2 bridgehead atoms. The molecule has 2 unspecified atom stereocenters. The molecule has 2 aliphatic rings. The van der Waals surface area contributed by atoms with Gasteiger partial charge in [-0.1, -0.05) is 0 Å². The van der Waals surface area contributed by atoms with Gasteiger partial charge in [0.15, 0.2) is 0 Å². The maximum Gasteiger partial charge on any atom is 0.0223 e. The molecule has 3 heteroatoms. The molecule has 0 aromatic heterocycles. The minimum Gasteiger partial charge on any atom is -0.312 e. The number of nitrogens with zero attached hydrogens (tertiary/aromatic N) is 2. The Balaban J connectivity index is 1.68. The Kier molecular flexibility index (Phi) is 4.68. The molecule has 3 nitrogen and oxygen atoms in total. The molecule has 0 aromatic carbocycles. The van der Waals surface area contributed by atoms with E-state index in [1.165, 1.54) is 45.3 Å². The summed E-state index contributed by atoms with van der Waals surface area (Å²) in [6, 6.07) is 1.70. The molecule has 2 fully saturated rings. The van der Waals surface area contributed by atoms with Crippen molar-refractivity contribution in [1.82, 2.24) is 15.1 Å². The van der Waals surface area contributed by atoms with Crippen LogP contribution in [0, 0.1) is 0 Å². The molecule has 2 aliphatic heterocycles. The van der Waals surface area contributed by atoms with Gasteiger partial charge in [0.2, 0.25) is 0 Å². The standard InChI is InChI=1S/C15H31N3/c1-15(2,3)16-9-5-10-18-11-8-13-6-7-14(12-18)17(13)4/h13-14,16H,5-12H2,1-4H3. The highest BCUT2D eigenvalue weighted by molar-refractivity contribution is 4.91. The number of hydrogen-bond donors (Lipinski definition) is 1. The fourth-order valence-electron chi connectivity index (χ4n) is 3.35. The van der Waals surface area contributed by atoms with Crippen molar-refractivity contribution in [3.05, 3.63) is 0 Å². The van der Waals surface area contributed by atoms with Crippen molar-refractivity contribution < 1.29 is 0 Å². The minimum absolute atomic E-state index is 0.262. The van der Waals surface area contributed by atoms with Gasteiger partial charge in [-0.15, -0.1) is 0 Å². The second-order valence-corrected chi connectivity index (χ2v) is 7.17. The third kappa shape index (κ3) is 3.94. The van der Waals surface area contributed by atoms with Crippen LogP contribution in [0.15, 0.2) is 0 Å². The molecule has 0 radical (unpaired) electrons. The monoisotopic (exact) mass is 253 g/mol. The van der Waals surface area contributed by atoms with Gasteiger partial charge in [-0.25, -0.2) is 0 Å². The fourth-order valence-corrected chi connectivity index (χ4v) is 3.35. The molecular formula is C15H31N3. The SMILES string of the molecule is CN1C2CCC1CN(CCCNC(C)(C)C)CC2. The van der Waals surface area contributed by atoms with Crippen molar-refractivity contribution in [2.24, 2.45) is 0 Å². The Labute approximate surface area is 113 Å². The molecule has 2 heterocycles. The Bertz CT molecular complexity index is 259.